The van der Waals surface area contributed by atoms with Gasteiger partial charge in [0, 0.05) is 12.0 Å². The summed E-state index contributed by atoms with van der Waals surface area (Å²) in [6.07, 6.45) is 6.17. The molecule has 3 rings (SSSR count). The predicted octanol–water partition coefficient (Wildman–Crippen LogP) is 4.76. The van der Waals surface area contributed by atoms with Gasteiger partial charge in [0.2, 0.25) is 0 Å². The zero-order chi connectivity index (χ0) is 18.8. The van der Waals surface area contributed by atoms with Gasteiger partial charge in [-0.25, -0.2) is 0 Å². The summed E-state index contributed by atoms with van der Waals surface area (Å²) < 4.78 is 0. The van der Waals surface area contributed by atoms with E-state index in [2.05, 4.69) is 37.0 Å². The Morgan fingerprint density at radius 2 is 1.85 bits per heavy atom. The number of benzene rings is 2. The summed E-state index contributed by atoms with van der Waals surface area (Å²) in [6.45, 7) is 4.28. The fourth-order valence-corrected chi connectivity index (χ4v) is 2.87. The second-order valence-corrected chi connectivity index (χ2v) is 7.01. The lowest BCUT2D eigenvalue weighted by atomic mass is 9.97. The maximum absolute atomic E-state index is 9.98. The lowest BCUT2D eigenvalue weighted by Gasteiger charge is -2.14. The first-order valence-electron chi connectivity index (χ1n) is 9.28. The van der Waals surface area contributed by atoms with Crippen LogP contribution >= 0.6 is 0 Å². The first kappa shape index (κ1) is 20.1. The minimum atomic E-state index is 0.407. The molecule has 26 heavy (non-hydrogen) atoms. The van der Waals surface area contributed by atoms with Crippen molar-refractivity contribution in [3.05, 3.63) is 65.2 Å². The smallest absolute Gasteiger partial charge is 0.174 e. The molecule has 0 unspecified atom stereocenters. The van der Waals surface area contributed by atoms with Crippen molar-refractivity contribution in [2.45, 2.75) is 51.9 Å². The van der Waals surface area contributed by atoms with Crippen LogP contribution in [-0.4, -0.2) is 6.29 Å². The van der Waals surface area contributed by atoms with Gasteiger partial charge >= 0.3 is 0 Å². The molecule has 0 radical (unpaired) electrons. The Morgan fingerprint density at radius 1 is 1.12 bits per heavy atom. The molecule has 2 N–H and O–H groups in total. The van der Waals surface area contributed by atoms with Gasteiger partial charge in [-0.3, -0.25) is 0 Å². The van der Waals surface area contributed by atoms with Crippen LogP contribution in [0.5, 0.6) is 5.75 Å². The van der Waals surface area contributed by atoms with Crippen LogP contribution in [0.3, 0.4) is 0 Å². The molecule has 0 heterocycles. The normalized spacial score (nSPS) is 13.1. The van der Waals surface area contributed by atoms with Gasteiger partial charge in [0.05, 0.1) is 0 Å². The topological polar surface area (TPSA) is 61.6 Å². The molecule has 140 valence electrons. The summed E-state index contributed by atoms with van der Waals surface area (Å²) in [6, 6.07) is 16.3. The van der Waals surface area contributed by atoms with Crippen LogP contribution in [0.1, 0.15) is 55.7 Å². The summed E-state index contributed by atoms with van der Waals surface area (Å²) in [5, 5.41) is 0. The Balaban J connectivity index is 0.000000209. The number of aryl methyl sites for hydroxylation is 1. The predicted molar refractivity (Wildman–Crippen MR) is 104 cm³/mol. The van der Waals surface area contributed by atoms with Crippen molar-refractivity contribution in [1.82, 2.24) is 0 Å². The summed E-state index contributed by atoms with van der Waals surface area (Å²) >= 11 is 0. The highest BCUT2D eigenvalue weighted by Gasteiger charge is 2.24. The monoisotopic (exact) mass is 355 g/mol. The van der Waals surface area contributed by atoms with Crippen molar-refractivity contribution in [1.29, 1.82) is 0 Å². The van der Waals surface area contributed by atoms with E-state index < -0.39 is 0 Å². The number of hydrogen-bond acceptors (Lipinski definition) is 4. The molecule has 0 amide bonds. The average Bonchev–Trinajstić information content (AvgIpc) is 3.47. The number of nitrogens with two attached hydrogens (primary N) is 1. The lowest BCUT2D eigenvalue weighted by Crippen LogP contribution is -2.08. The van der Waals surface area contributed by atoms with E-state index in [9.17, 15) is 4.79 Å². The fourth-order valence-electron chi connectivity index (χ4n) is 2.87. The number of hydrogen-bond donors (Lipinski definition) is 1. The largest absolute Gasteiger partial charge is 0.319 e. The van der Waals surface area contributed by atoms with E-state index in [0.29, 0.717) is 12.3 Å². The minimum Gasteiger partial charge on any atom is -0.319 e. The van der Waals surface area contributed by atoms with Gasteiger partial charge in [-0.2, -0.15) is 5.90 Å². The molecule has 2 aromatic carbocycles. The number of rotatable bonds is 8. The zero-order valence-electron chi connectivity index (χ0n) is 15.7. The third-order valence-electron chi connectivity index (χ3n) is 4.48. The second kappa shape index (κ2) is 10.7. The summed E-state index contributed by atoms with van der Waals surface area (Å²) in [4.78, 5) is 19.5. The van der Waals surface area contributed by atoms with E-state index >= 15 is 0 Å². The van der Waals surface area contributed by atoms with E-state index in [-0.39, 0.29) is 0 Å². The van der Waals surface area contributed by atoms with E-state index in [0.717, 1.165) is 36.4 Å². The van der Waals surface area contributed by atoms with Crippen molar-refractivity contribution in [2.75, 3.05) is 0 Å². The van der Waals surface area contributed by atoms with Crippen LogP contribution in [0.25, 0.3) is 0 Å². The number of para-hydroxylation sites is 1. The molecule has 1 saturated carbocycles. The molecular weight excluding hydrogens is 326 g/mol. The maximum Gasteiger partial charge on any atom is 0.174 e. The van der Waals surface area contributed by atoms with Gasteiger partial charge in [-0.05, 0) is 48.6 Å². The van der Waals surface area contributed by atoms with Gasteiger partial charge in [0.25, 0.3) is 0 Å². The Labute approximate surface area is 156 Å². The van der Waals surface area contributed by atoms with Gasteiger partial charge < -0.3 is 9.68 Å². The van der Waals surface area contributed by atoms with Crippen LogP contribution in [0.15, 0.2) is 48.5 Å². The molecule has 0 saturated heterocycles. The first-order valence-corrected chi connectivity index (χ1v) is 9.28. The van der Waals surface area contributed by atoms with Gasteiger partial charge in [0.15, 0.2) is 5.75 Å². The molecule has 4 heteroatoms. The van der Waals surface area contributed by atoms with Crippen molar-refractivity contribution >= 4 is 6.29 Å². The molecule has 2 aromatic rings. The molecule has 0 atom stereocenters. The minimum absolute atomic E-state index is 0.407. The van der Waals surface area contributed by atoms with E-state index in [1.807, 2.05) is 30.3 Å². The van der Waals surface area contributed by atoms with E-state index in [1.165, 1.54) is 24.0 Å². The Bertz CT molecular complexity index is 666. The third kappa shape index (κ3) is 6.62. The van der Waals surface area contributed by atoms with Crippen molar-refractivity contribution in [3.8, 4) is 5.75 Å². The Morgan fingerprint density at radius 3 is 2.42 bits per heavy atom. The molecule has 0 spiro atoms. The molecule has 4 nitrogen and oxygen atoms in total. The van der Waals surface area contributed by atoms with Crippen LogP contribution in [-0.2, 0) is 22.6 Å². The first-order chi connectivity index (χ1) is 12.7. The highest BCUT2D eigenvalue weighted by molar-refractivity contribution is 5.50. The SMILES string of the molecule is CC(C)c1cccc(CC2CC2)c1OON.O=CCCc1ccccc1. The molecule has 1 aliphatic carbocycles. The van der Waals surface area contributed by atoms with Gasteiger partial charge in [0.1, 0.15) is 6.29 Å². The van der Waals surface area contributed by atoms with Crippen molar-refractivity contribution in [2.24, 2.45) is 11.8 Å². The summed E-state index contributed by atoms with van der Waals surface area (Å²) in [5.74, 6) is 7.06. The fraction of sp³-hybridized carbons (Fsp3) is 0.409. The zero-order valence-corrected chi connectivity index (χ0v) is 15.7. The maximum atomic E-state index is 9.98. The molecule has 1 aliphatic rings. The van der Waals surface area contributed by atoms with Crippen LogP contribution in [0.2, 0.25) is 0 Å². The molecule has 1 fully saturated rings. The summed E-state index contributed by atoms with van der Waals surface area (Å²) in [5.41, 5.74) is 3.59. The average molecular weight is 355 g/mol. The van der Waals surface area contributed by atoms with Crippen molar-refractivity contribution in [3.63, 3.8) is 0 Å². The van der Waals surface area contributed by atoms with E-state index in [1.54, 1.807) is 0 Å². The quantitative estimate of drug-likeness (QED) is 0.421. The molecule has 0 aliphatic heterocycles. The lowest BCUT2D eigenvalue weighted by molar-refractivity contribution is -0.212. The molecule has 0 bridgehead atoms. The molecular formula is C22H29NO3. The number of aldehydes is 1. The standard InChI is InChI=1S/C13H19NO2.C9H10O/c1-9(2)12-5-3-4-11(8-10-6-7-10)13(12)15-16-14;10-8-4-7-9-5-2-1-3-6-9/h3-5,9-10H,6-8,14H2,1-2H3;1-3,5-6,8H,4,7H2. The number of carbonyl (C=O) groups excluding carboxylic acids is 1. The Hall–Kier alpha value is -2.17. The van der Waals surface area contributed by atoms with Crippen LogP contribution in [0, 0.1) is 5.92 Å². The third-order valence-corrected chi connectivity index (χ3v) is 4.48. The second-order valence-electron chi connectivity index (χ2n) is 7.01. The summed E-state index contributed by atoms with van der Waals surface area (Å²) in [7, 11) is 0. The highest BCUT2D eigenvalue weighted by Crippen LogP contribution is 2.38. The van der Waals surface area contributed by atoms with Crippen molar-refractivity contribution < 1.29 is 14.7 Å². The van der Waals surface area contributed by atoms with E-state index in [4.69, 9.17) is 10.8 Å². The van der Waals surface area contributed by atoms with Crippen LogP contribution in [0.4, 0.5) is 0 Å². The van der Waals surface area contributed by atoms with Gasteiger partial charge in [-0.15, -0.1) is 0 Å². The Kier molecular flexibility index (Phi) is 8.32. The number of carbonyl (C=O) groups is 1. The highest BCUT2D eigenvalue weighted by atomic mass is 17.3. The molecule has 0 aromatic heterocycles. The van der Waals surface area contributed by atoms with Gasteiger partial charge in [-0.1, -0.05) is 67.4 Å². The van der Waals surface area contributed by atoms with Crippen LogP contribution < -0.4 is 10.8 Å².